The molecule has 1 saturated carbocycles. The number of hydrogen-bond donors (Lipinski definition) is 3. The van der Waals surface area contributed by atoms with Crippen LogP contribution < -0.4 is 10.6 Å². The van der Waals surface area contributed by atoms with Crippen LogP contribution in [0.4, 0.5) is 4.79 Å². The Balaban J connectivity index is 1.44. The first-order valence-corrected chi connectivity index (χ1v) is 7.87. The molecule has 122 valence electrons. The van der Waals surface area contributed by atoms with Crippen molar-refractivity contribution in [1.29, 1.82) is 0 Å². The molecule has 0 bridgehead atoms. The van der Waals surface area contributed by atoms with Gasteiger partial charge in [-0.15, -0.1) is 0 Å². The number of nitrogens with zero attached hydrogens (tertiary/aromatic N) is 2. The molecule has 3 rings (SSSR count). The van der Waals surface area contributed by atoms with E-state index in [1.807, 2.05) is 24.3 Å². The van der Waals surface area contributed by atoms with Gasteiger partial charge in [-0.1, -0.05) is 23.7 Å². The normalized spacial score (nSPS) is 20.8. The van der Waals surface area contributed by atoms with E-state index in [9.17, 15) is 9.90 Å². The van der Waals surface area contributed by atoms with Crippen molar-refractivity contribution in [3.8, 4) is 0 Å². The van der Waals surface area contributed by atoms with E-state index in [1.165, 1.54) is 0 Å². The number of urea groups is 1. The fourth-order valence-corrected chi connectivity index (χ4v) is 2.80. The number of amides is 2. The predicted molar refractivity (Wildman–Crippen MR) is 87.3 cm³/mol. The second-order valence-corrected chi connectivity index (χ2v) is 6.26. The van der Waals surface area contributed by atoms with E-state index < -0.39 is 6.10 Å². The van der Waals surface area contributed by atoms with Gasteiger partial charge in [-0.05, 0) is 24.1 Å². The maximum absolute atomic E-state index is 11.9. The number of halogens is 1. The van der Waals surface area contributed by atoms with Gasteiger partial charge in [0.25, 0.3) is 0 Å². The number of aromatic nitrogens is 2. The highest BCUT2D eigenvalue weighted by molar-refractivity contribution is 6.30. The Morgan fingerprint density at radius 1 is 1.57 bits per heavy atom. The van der Waals surface area contributed by atoms with Gasteiger partial charge in [-0.2, -0.15) is 5.10 Å². The first-order valence-electron chi connectivity index (χ1n) is 7.49. The van der Waals surface area contributed by atoms with Crippen LogP contribution in [0.1, 0.15) is 29.6 Å². The van der Waals surface area contributed by atoms with Gasteiger partial charge in [0.15, 0.2) is 0 Å². The third-order valence-electron chi connectivity index (χ3n) is 3.95. The molecule has 7 heteroatoms. The lowest BCUT2D eigenvalue weighted by atomic mass is 10.1. The number of hydrogen-bond acceptors (Lipinski definition) is 3. The summed E-state index contributed by atoms with van der Waals surface area (Å²) in [5.74, 6) is 0.308. The van der Waals surface area contributed by atoms with Gasteiger partial charge in [0.1, 0.15) is 0 Å². The molecule has 2 amide bonds. The summed E-state index contributed by atoms with van der Waals surface area (Å²) in [7, 11) is 1.78. The Morgan fingerprint density at radius 3 is 3.09 bits per heavy atom. The second kappa shape index (κ2) is 6.60. The van der Waals surface area contributed by atoms with Crippen molar-refractivity contribution in [2.24, 2.45) is 7.05 Å². The quantitative estimate of drug-likeness (QED) is 0.782. The van der Waals surface area contributed by atoms with Crippen LogP contribution in [0, 0.1) is 0 Å². The van der Waals surface area contributed by atoms with Crippen molar-refractivity contribution in [2.75, 3.05) is 6.54 Å². The van der Waals surface area contributed by atoms with Crippen molar-refractivity contribution < 1.29 is 9.90 Å². The average molecular weight is 335 g/mol. The van der Waals surface area contributed by atoms with Gasteiger partial charge >= 0.3 is 6.03 Å². The van der Waals surface area contributed by atoms with Gasteiger partial charge < -0.3 is 15.7 Å². The number of benzene rings is 1. The number of aliphatic hydroxyl groups excluding tert-OH is 1. The minimum atomic E-state index is -0.766. The largest absolute Gasteiger partial charge is 0.386 e. The number of aliphatic hydroxyl groups is 1. The van der Waals surface area contributed by atoms with Crippen molar-refractivity contribution in [3.63, 3.8) is 0 Å². The van der Waals surface area contributed by atoms with Gasteiger partial charge in [0.05, 0.1) is 12.3 Å². The Hall–Kier alpha value is -2.05. The Morgan fingerprint density at radius 2 is 2.39 bits per heavy atom. The highest BCUT2D eigenvalue weighted by Crippen LogP contribution is 2.41. The summed E-state index contributed by atoms with van der Waals surface area (Å²) in [4.78, 5) is 11.9. The molecular weight excluding hydrogens is 316 g/mol. The van der Waals surface area contributed by atoms with Crippen molar-refractivity contribution in [1.82, 2.24) is 20.4 Å². The monoisotopic (exact) mass is 334 g/mol. The molecule has 1 aliphatic carbocycles. The number of rotatable bonds is 5. The lowest BCUT2D eigenvalue weighted by Crippen LogP contribution is -2.39. The summed E-state index contributed by atoms with van der Waals surface area (Å²) in [6.07, 6.45) is 3.44. The lowest BCUT2D eigenvalue weighted by Gasteiger charge is -2.11. The molecule has 6 nitrogen and oxygen atoms in total. The van der Waals surface area contributed by atoms with E-state index in [0.717, 1.165) is 12.0 Å². The summed E-state index contributed by atoms with van der Waals surface area (Å²) >= 11 is 5.98. The molecule has 1 heterocycles. The topological polar surface area (TPSA) is 79.2 Å². The molecule has 0 unspecified atom stereocenters. The molecular formula is C16H19ClN4O2. The fourth-order valence-electron chi connectivity index (χ4n) is 2.60. The van der Waals surface area contributed by atoms with E-state index >= 15 is 0 Å². The highest BCUT2D eigenvalue weighted by atomic mass is 35.5. The molecule has 0 radical (unpaired) electrons. The van der Waals surface area contributed by atoms with Crippen molar-refractivity contribution >= 4 is 17.6 Å². The molecule has 3 atom stereocenters. The highest BCUT2D eigenvalue weighted by Gasteiger charge is 2.39. The third kappa shape index (κ3) is 4.03. The third-order valence-corrected chi connectivity index (χ3v) is 4.18. The van der Waals surface area contributed by atoms with Gasteiger partial charge in [0.2, 0.25) is 0 Å². The summed E-state index contributed by atoms with van der Waals surface area (Å²) in [5, 5.41) is 20.3. The zero-order valence-corrected chi connectivity index (χ0v) is 13.5. The van der Waals surface area contributed by atoms with Crippen LogP contribution in [0.15, 0.2) is 36.7 Å². The molecule has 0 saturated heterocycles. The molecule has 1 aliphatic rings. The summed E-state index contributed by atoms with van der Waals surface area (Å²) in [6.45, 7) is 0.145. The van der Waals surface area contributed by atoms with Crippen molar-refractivity contribution in [3.05, 3.63) is 52.8 Å². The maximum atomic E-state index is 11.9. The molecule has 1 aromatic heterocycles. The first-order chi connectivity index (χ1) is 11.0. The maximum Gasteiger partial charge on any atom is 0.315 e. The van der Waals surface area contributed by atoms with E-state index in [1.54, 1.807) is 24.1 Å². The van der Waals surface area contributed by atoms with Gasteiger partial charge in [-0.3, -0.25) is 4.68 Å². The molecule has 1 fully saturated rings. The number of aryl methyl sites for hydroxylation is 1. The molecule has 0 aliphatic heterocycles. The molecule has 3 N–H and O–H groups in total. The molecule has 2 aromatic rings. The van der Waals surface area contributed by atoms with Crippen LogP contribution in [-0.2, 0) is 7.05 Å². The Bertz CT molecular complexity index is 703. The summed E-state index contributed by atoms with van der Waals surface area (Å²) in [5.41, 5.74) is 1.81. The predicted octanol–water partition coefficient (Wildman–Crippen LogP) is 1.96. The van der Waals surface area contributed by atoms with Crippen molar-refractivity contribution in [2.45, 2.75) is 24.5 Å². The first kappa shape index (κ1) is 15.8. The van der Waals surface area contributed by atoms with Crippen LogP contribution in [0.3, 0.4) is 0 Å². The van der Waals surface area contributed by atoms with Gasteiger partial charge in [0, 0.05) is 42.3 Å². The van der Waals surface area contributed by atoms with E-state index in [4.69, 9.17) is 11.6 Å². The average Bonchev–Trinajstić information content (AvgIpc) is 3.14. The van der Waals surface area contributed by atoms with E-state index in [-0.39, 0.29) is 18.6 Å². The standard InChI is InChI=1S/C16H19ClN4O2/c1-21-9-11(7-19-21)15(22)8-18-16(23)20-14-6-13(14)10-3-2-4-12(17)5-10/h2-5,7,9,13-15,22H,6,8H2,1H3,(H2,18,20,23)/t13-,14+,15-/m1/s1. The van der Waals surface area contributed by atoms with Crippen LogP contribution in [0.5, 0.6) is 0 Å². The van der Waals surface area contributed by atoms with E-state index in [2.05, 4.69) is 15.7 Å². The zero-order chi connectivity index (χ0) is 16.4. The molecule has 0 spiro atoms. The minimum absolute atomic E-state index is 0.115. The van der Waals surface area contributed by atoms with Crippen LogP contribution in [0.25, 0.3) is 0 Å². The Kier molecular flexibility index (Phi) is 4.54. The summed E-state index contributed by atoms with van der Waals surface area (Å²) < 4.78 is 1.61. The second-order valence-electron chi connectivity index (χ2n) is 5.82. The van der Waals surface area contributed by atoms with Crippen LogP contribution in [0.2, 0.25) is 5.02 Å². The lowest BCUT2D eigenvalue weighted by molar-refractivity contribution is 0.173. The fraction of sp³-hybridized carbons (Fsp3) is 0.375. The number of nitrogens with one attached hydrogen (secondary N) is 2. The zero-order valence-electron chi connectivity index (χ0n) is 12.7. The Labute approximate surface area is 139 Å². The molecule has 1 aromatic carbocycles. The summed E-state index contributed by atoms with van der Waals surface area (Å²) in [6, 6.07) is 7.53. The smallest absolute Gasteiger partial charge is 0.315 e. The van der Waals surface area contributed by atoms with Crippen LogP contribution in [-0.4, -0.2) is 33.5 Å². The van der Waals surface area contributed by atoms with E-state index in [0.29, 0.717) is 16.5 Å². The molecule has 23 heavy (non-hydrogen) atoms. The van der Waals surface area contributed by atoms with Gasteiger partial charge in [-0.25, -0.2) is 4.79 Å². The number of carbonyl (C=O) groups is 1. The SMILES string of the molecule is Cn1cc([C@H](O)CNC(=O)N[C@H]2C[C@@H]2c2cccc(Cl)c2)cn1. The number of carbonyl (C=O) groups excluding carboxylic acids is 1. The minimum Gasteiger partial charge on any atom is -0.386 e. The van der Waals surface area contributed by atoms with Crippen LogP contribution >= 0.6 is 11.6 Å².